The molecule has 0 aliphatic heterocycles. The van der Waals surface area contributed by atoms with E-state index in [1.165, 1.54) is 0 Å². The van der Waals surface area contributed by atoms with E-state index in [-0.39, 0.29) is 19.0 Å². The number of esters is 1. The summed E-state index contributed by atoms with van der Waals surface area (Å²) in [4.78, 5) is 16.4. The Bertz CT molecular complexity index is 784. The molecule has 3 nitrogen and oxygen atoms in total. The van der Waals surface area contributed by atoms with Crippen molar-refractivity contribution in [3.8, 4) is 10.6 Å². The first-order valence-electron chi connectivity index (χ1n) is 7.10. The van der Waals surface area contributed by atoms with E-state index in [0.29, 0.717) is 0 Å². The molecule has 0 saturated heterocycles. The zero-order valence-corrected chi connectivity index (χ0v) is 14.6. The highest BCUT2D eigenvalue weighted by Crippen LogP contribution is 2.23. The number of nitrogens with zero attached hydrogens (tertiary/aromatic N) is 1. The summed E-state index contributed by atoms with van der Waals surface area (Å²) in [6.07, 6.45) is 0.267. The molecule has 23 heavy (non-hydrogen) atoms. The average Bonchev–Trinajstić information content (AvgIpc) is 3.05. The van der Waals surface area contributed by atoms with Crippen LogP contribution < -0.4 is 0 Å². The molecule has 0 saturated carbocycles. The molecule has 0 aliphatic rings. The topological polar surface area (TPSA) is 39.2 Å². The van der Waals surface area contributed by atoms with Gasteiger partial charge in [-0.15, -0.1) is 11.3 Å². The van der Waals surface area contributed by atoms with Crippen LogP contribution in [0.25, 0.3) is 10.6 Å². The minimum absolute atomic E-state index is 0.207. The lowest BCUT2D eigenvalue weighted by Gasteiger charge is -2.03. The smallest absolute Gasteiger partial charge is 0.310 e. The van der Waals surface area contributed by atoms with Gasteiger partial charge in [0, 0.05) is 15.4 Å². The Balaban J connectivity index is 1.55. The number of thiazole rings is 1. The van der Waals surface area contributed by atoms with Gasteiger partial charge in [-0.25, -0.2) is 4.98 Å². The molecule has 0 radical (unpaired) electrons. The summed E-state index contributed by atoms with van der Waals surface area (Å²) in [6, 6.07) is 17.6. The van der Waals surface area contributed by atoms with Crippen LogP contribution in [0, 0.1) is 0 Å². The van der Waals surface area contributed by atoms with Crippen molar-refractivity contribution in [3.05, 3.63) is 75.7 Å². The van der Waals surface area contributed by atoms with Crippen molar-refractivity contribution in [3.63, 3.8) is 0 Å². The highest BCUT2D eigenvalue weighted by Gasteiger charge is 2.08. The Kier molecular flexibility index (Phi) is 5.20. The Morgan fingerprint density at radius 1 is 1.09 bits per heavy atom. The molecule has 2 aromatic carbocycles. The summed E-state index contributed by atoms with van der Waals surface area (Å²) in [5.74, 6) is -0.249. The van der Waals surface area contributed by atoms with E-state index in [1.807, 2.05) is 60.0 Å². The molecule has 0 aliphatic carbocycles. The number of ether oxygens (including phenoxy) is 1. The van der Waals surface area contributed by atoms with E-state index in [1.54, 1.807) is 11.3 Å². The van der Waals surface area contributed by atoms with Gasteiger partial charge in [0.2, 0.25) is 0 Å². The van der Waals surface area contributed by atoms with E-state index in [2.05, 4.69) is 20.9 Å². The second-order valence-corrected chi connectivity index (χ2v) is 6.75. The van der Waals surface area contributed by atoms with Crippen molar-refractivity contribution in [2.45, 2.75) is 13.0 Å². The molecule has 0 amide bonds. The molecule has 5 heteroatoms. The Morgan fingerprint density at radius 2 is 1.83 bits per heavy atom. The third-order valence-electron chi connectivity index (χ3n) is 3.22. The van der Waals surface area contributed by atoms with Gasteiger partial charge in [0.1, 0.15) is 11.6 Å². The van der Waals surface area contributed by atoms with Gasteiger partial charge in [-0.2, -0.15) is 0 Å². The van der Waals surface area contributed by atoms with Crippen LogP contribution in [0.4, 0.5) is 0 Å². The maximum absolute atomic E-state index is 11.9. The van der Waals surface area contributed by atoms with Gasteiger partial charge in [0.25, 0.3) is 0 Å². The normalized spacial score (nSPS) is 10.5. The largest absolute Gasteiger partial charge is 0.459 e. The van der Waals surface area contributed by atoms with Crippen LogP contribution in [0.3, 0.4) is 0 Å². The van der Waals surface area contributed by atoms with Gasteiger partial charge >= 0.3 is 5.97 Å². The van der Waals surface area contributed by atoms with E-state index >= 15 is 0 Å². The lowest BCUT2D eigenvalue weighted by atomic mass is 10.2. The summed E-state index contributed by atoms with van der Waals surface area (Å²) in [6.45, 7) is 0.207. The predicted octanol–water partition coefficient (Wildman–Crippen LogP) is 4.86. The second kappa shape index (κ2) is 7.53. The monoisotopic (exact) mass is 387 g/mol. The predicted molar refractivity (Wildman–Crippen MR) is 95.2 cm³/mol. The van der Waals surface area contributed by atoms with Crippen LogP contribution in [-0.2, 0) is 22.6 Å². The third-order valence-corrected chi connectivity index (χ3v) is 4.68. The van der Waals surface area contributed by atoms with Gasteiger partial charge in [0.05, 0.1) is 12.1 Å². The third kappa shape index (κ3) is 4.50. The lowest BCUT2D eigenvalue weighted by Crippen LogP contribution is -2.08. The molecule has 0 atom stereocenters. The summed E-state index contributed by atoms with van der Waals surface area (Å²) in [5, 5.41) is 2.86. The molecule has 116 valence electrons. The standard InChI is InChI=1S/C18H14BrNO2S/c19-15-8-6-13(7-9-15)10-17(21)22-11-16-12-23-18(20-16)14-4-2-1-3-5-14/h1-9,12H,10-11H2. The fourth-order valence-electron chi connectivity index (χ4n) is 2.06. The fourth-order valence-corrected chi connectivity index (χ4v) is 3.14. The van der Waals surface area contributed by atoms with Crippen LogP contribution in [-0.4, -0.2) is 11.0 Å². The fraction of sp³-hybridized carbons (Fsp3) is 0.111. The summed E-state index contributed by atoms with van der Waals surface area (Å²) < 4.78 is 6.30. The zero-order valence-electron chi connectivity index (χ0n) is 12.2. The Hall–Kier alpha value is -1.98. The number of hydrogen-bond acceptors (Lipinski definition) is 4. The van der Waals surface area contributed by atoms with E-state index in [4.69, 9.17) is 4.74 Å². The molecule has 0 spiro atoms. The number of halogens is 1. The lowest BCUT2D eigenvalue weighted by molar-refractivity contribution is -0.144. The highest BCUT2D eigenvalue weighted by molar-refractivity contribution is 9.10. The molecule has 1 aromatic heterocycles. The van der Waals surface area contributed by atoms with Crippen molar-refractivity contribution in [2.24, 2.45) is 0 Å². The minimum Gasteiger partial charge on any atom is -0.459 e. The molecule has 0 fully saturated rings. The van der Waals surface area contributed by atoms with Gasteiger partial charge in [-0.05, 0) is 17.7 Å². The van der Waals surface area contributed by atoms with Crippen LogP contribution in [0.2, 0.25) is 0 Å². The van der Waals surface area contributed by atoms with Crippen molar-refractivity contribution in [1.29, 1.82) is 0 Å². The first kappa shape index (κ1) is 15.9. The van der Waals surface area contributed by atoms with Crippen molar-refractivity contribution < 1.29 is 9.53 Å². The number of rotatable bonds is 5. The Morgan fingerprint density at radius 3 is 2.57 bits per heavy atom. The number of hydrogen-bond donors (Lipinski definition) is 0. The van der Waals surface area contributed by atoms with Crippen LogP contribution in [0.5, 0.6) is 0 Å². The number of carbonyl (C=O) groups is 1. The minimum atomic E-state index is -0.249. The molecule has 0 N–H and O–H groups in total. The van der Waals surface area contributed by atoms with Gasteiger partial charge in [-0.3, -0.25) is 4.79 Å². The van der Waals surface area contributed by atoms with E-state index in [9.17, 15) is 4.79 Å². The van der Waals surface area contributed by atoms with Gasteiger partial charge in [-0.1, -0.05) is 58.4 Å². The van der Waals surface area contributed by atoms with Crippen molar-refractivity contribution in [2.75, 3.05) is 0 Å². The van der Waals surface area contributed by atoms with E-state index in [0.717, 1.165) is 26.3 Å². The zero-order chi connectivity index (χ0) is 16.1. The van der Waals surface area contributed by atoms with Gasteiger partial charge in [0.15, 0.2) is 0 Å². The van der Waals surface area contributed by atoms with Crippen molar-refractivity contribution in [1.82, 2.24) is 4.98 Å². The highest BCUT2D eigenvalue weighted by atomic mass is 79.9. The molecule has 3 aromatic rings. The first-order valence-corrected chi connectivity index (χ1v) is 8.78. The quantitative estimate of drug-likeness (QED) is 0.586. The summed E-state index contributed by atoms with van der Waals surface area (Å²) in [7, 11) is 0. The van der Waals surface area contributed by atoms with Crippen LogP contribution in [0.1, 0.15) is 11.3 Å². The van der Waals surface area contributed by atoms with Crippen LogP contribution >= 0.6 is 27.3 Å². The summed E-state index contributed by atoms with van der Waals surface area (Å²) in [5.41, 5.74) is 2.78. The SMILES string of the molecule is O=C(Cc1ccc(Br)cc1)OCc1csc(-c2ccccc2)n1. The number of benzene rings is 2. The molecular formula is C18H14BrNO2S. The van der Waals surface area contributed by atoms with Crippen LogP contribution in [0.15, 0.2) is 64.5 Å². The van der Waals surface area contributed by atoms with Crippen molar-refractivity contribution >= 4 is 33.2 Å². The maximum Gasteiger partial charge on any atom is 0.310 e. The Labute approximate surface area is 147 Å². The molecule has 0 unspecified atom stereocenters. The molecular weight excluding hydrogens is 374 g/mol. The second-order valence-electron chi connectivity index (χ2n) is 4.97. The first-order chi connectivity index (χ1) is 11.2. The maximum atomic E-state index is 11.9. The number of aromatic nitrogens is 1. The summed E-state index contributed by atoms with van der Waals surface area (Å²) >= 11 is 4.92. The molecule has 0 bridgehead atoms. The van der Waals surface area contributed by atoms with E-state index < -0.39 is 0 Å². The molecule has 3 rings (SSSR count). The number of carbonyl (C=O) groups excluding carboxylic acids is 1. The van der Waals surface area contributed by atoms with Gasteiger partial charge < -0.3 is 4.74 Å². The molecule has 1 heterocycles. The average molecular weight is 388 g/mol.